The largest absolute Gasteiger partial charge is 0.350 e. The third kappa shape index (κ3) is 3.81. The van der Waals surface area contributed by atoms with E-state index in [0.717, 1.165) is 32.9 Å². The Morgan fingerprint density at radius 2 is 1.74 bits per heavy atom. The Labute approximate surface area is 223 Å². The molecule has 0 fully saturated rings. The number of amides is 3. The van der Waals surface area contributed by atoms with Crippen LogP contribution in [0, 0.1) is 0 Å². The first-order chi connectivity index (χ1) is 18.3. The van der Waals surface area contributed by atoms with Crippen molar-refractivity contribution in [1.82, 2.24) is 25.3 Å². The highest BCUT2D eigenvalue weighted by atomic mass is 35.5. The normalized spacial score (nSPS) is 15.6. The first-order valence-electron chi connectivity index (χ1n) is 12.2. The van der Waals surface area contributed by atoms with E-state index in [2.05, 4.69) is 15.8 Å². The number of aromatic amines is 1. The summed E-state index contributed by atoms with van der Waals surface area (Å²) in [5.74, 6) is -1.26. The Morgan fingerprint density at radius 1 is 0.974 bits per heavy atom. The van der Waals surface area contributed by atoms with Gasteiger partial charge in [0.2, 0.25) is 0 Å². The lowest BCUT2D eigenvalue weighted by Gasteiger charge is -2.30. The summed E-state index contributed by atoms with van der Waals surface area (Å²) < 4.78 is 2.02. The van der Waals surface area contributed by atoms with Gasteiger partial charge in [0, 0.05) is 51.2 Å². The van der Waals surface area contributed by atoms with E-state index in [1.54, 1.807) is 42.2 Å². The number of aromatic nitrogens is 2. The third-order valence-corrected chi connectivity index (χ3v) is 7.38. The Morgan fingerprint density at radius 3 is 2.58 bits per heavy atom. The van der Waals surface area contributed by atoms with Crippen molar-refractivity contribution < 1.29 is 14.4 Å². The number of aryl methyl sites for hydroxylation is 1. The number of para-hydroxylation sites is 1. The van der Waals surface area contributed by atoms with Gasteiger partial charge in [-0.05, 0) is 48.9 Å². The molecule has 0 radical (unpaired) electrons. The van der Waals surface area contributed by atoms with Gasteiger partial charge in [0.15, 0.2) is 0 Å². The van der Waals surface area contributed by atoms with E-state index in [1.165, 1.54) is 0 Å². The van der Waals surface area contributed by atoms with E-state index >= 15 is 0 Å². The number of rotatable bonds is 4. The Balaban J connectivity index is 1.27. The molecule has 2 unspecified atom stereocenters. The summed E-state index contributed by atoms with van der Waals surface area (Å²) in [7, 11) is 1.96. The van der Waals surface area contributed by atoms with E-state index in [9.17, 15) is 14.4 Å². The maximum atomic E-state index is 13.6. The zero-order valence-corrected chi connectivity index (χ0v) is 21.4. The molecular weight excluding hydrogens is 502 g/mol. The predicted octanol–water partition coefficient (Wildman–Crippen LogP) is 4.71. The van der Waals surface area contributed by atoms with Crippen molar-refractivity contribution in [3.05, 3.63) is 106 Å². The van der Waals surface area contributed by atoms with Gasteiger partial charge in [0.1, 0.15) is 11.7 Å². The molecule has 3 aromatic carbocycles. The van der Waals surface area contributed by atoms with Gasteiger partial charge in [-0.1, -0.05) is 48.0 Å². The first-order valence-corrected chi connectivity index (χ1v) is 12.6. The number of hydrazine groups is 1. The third-order valence-electron chi connectivity index (χ3n) is 7.14. The van der Waals surface area contributed by atoms with Crippen molar-refractivity contribution in [3.8, 4) is 0 Å². The minimum Gasteiger partial charge on any atom is -0.350 e. The van der Waals surface area contributed by atoms with Crippen molar-refractivity contribution in [1.29, 1.82) is 0 Å². The smallest absolute Gasteiger partial charge is 0.286 e. The highest BCUT2D eigenvalue weighted by Gasteiger charge is 2.43. The number of hydrogen-bond acceptors (Lipinski definition) is 3. The van der Waals surface area contributed by atoms with Crippen LogP contribution in [0.1, 0.15) is 44.9 Å². The molecule has 6 rings (SSSR count). The molecule has 190 valence electrons. The van der Waals surface area contributed by atoms with Gasteiger partial charge in [-0.15, -0.1) is 0 Å². The molecule has 3 heterocycles. The summed E-state index contributed by atoms with van der Waals surface area (Å²) in [6.45, 7) is 1.66. The molecule has 0 spiro atoms. The molecule has 0 saturated carbocycles. The molecule has 5 aromatic rings. The fraction of sp³-hybridized carbons (Fsp3) is 0.138. The summed E-state index contributed by atoms with van der Waals surface area (Å²) in [4.78, 5) is 44.2. The van der Waals surface area contributed by atoms with Crippen LogP contribution in [-0.4, -0.2) is 38.2 Å². The van der Waals surface area contributed by atoms with E-state index in [0.29, 0.717) is 10.6 Å². The van der Waals surface area contributed by atoms with Gasteiger partial charge in [0.25, 0.3) is 17.7 Å². The maximum absolute atomic E-state index is 13.6. The average Bonchev–Trinajstić information content (AvgIpc) is 3.58. The van der Waals surface area contributed by atoms with Gasteiger partial charge in [-0.25, -0.2) is 0 Å². The van der Waals surface area contributed by atoms with Crippen LogP contribution in [-0.2, 0) is 11.8 Å². The molecule has 1 aliphatic rings. The lowest BCUT2D eigenvalue weighted by molar-refractivity contribution is -0.126. The van der Waals surface area contributed by atoms with E-state index in [1.807, 2.05) is 60.3 Å². The van der Waals surface area contributed by atoms with Crippen LogP contribution in [0.15, 0.2) is 79.0 Å². The molecule has 3 N–H and O–H groups in total. The molecule has 0 saturated heterocycles. The molecular formula is C29H24ClN5O3. The van der Waals surface area contributed by atoms with Crippen LogP contribution < -0.4 is 10.9 Å². The fourth-order valence-electron chi connectivity index (χ4n) is 5.29. The topological polar surface area (TPSA) is 99.2 Å². The summed E-state index contributed by atoms with van der Waals surface area (Å²) >= 11 is 6.04. The van der Waals surface area contributed by atoms with Crippen LogP contribution in [0.5, 0.6) is 0 Å². The van der Waals surface area contributed by atoms with Crippen LogP contribution in [0.3, 0.4) is 0 Å². The lowest BCUT2D eigenvalue weighted by atomic mass is 9.97. The molecule has 1 aliphatic heterocycles. The molecule has 3 amide bonds. The van der Waals surface area contributed by atoms with Crippen LogP contribution >= 0.6 is 11.6 Å². The van der Waals surface area contributed by atoms with E-state index in [4.69, 9.17) is 11.6 Å². The second-order valence-corrected chi connectivity index (χ2v) is 9.89. The second-order valence-electron chi connectivity index (χ2n) is 9.45. The molecule has 0 bridgehead atoms. The second kappa shape index (κ2) is 9.08. The van der Waals surface area contributed by atoms with Crippen LogP contribution in [0.2, 0.25) is 5.02 Å². The Bertz CT molecular complexity index is 1750. The number of carbonyl (C=O) groups is 3. The molecule has 38 heavy (non-hydrogen) atoms. The molecule has 2 atom stereocenters. The zero-order chi connectivity index (χ0) is 26.6. The van der Waals surface area contributed by atoms with Gasteiger partial charge in [-0.3, -0.25) is 25.2 Å². The number of nitrogens with zero attached hydrogens (tertiary/aromatic N) is 2. The van der Waals surface area contributed by atoms with Gasteiger partial charge < -0.3 is 14.5 Å². The average molecular weight is 526 g/mol. The minimum atomic E-state index is -0.874. The van der Waals surface area contributed by atoms with Crippen molar-refractivity contribution in [2.45, 2.75) is 19.0 Å². The number of fused-ring (bicyclic) bond motifs is 3. The SMILES string of the molecule is CC(C(=O)NNC(=O)c1cc2cc(Cl)ccc2[nH]1)N1C(=O)c2ccccc2C1c1cn(C)c2ccccc12. The van der Waals surface area contributed by atoms with Crippen molar-refractivity contribution in [2.24, 2.45) is 7.05 Å². The predicted molar refractivity (Wildman–Crippen MR) is 146 cm³/mol. The molecule has 8 nitrogen and oxygen atoms in total. The quantitative estimate of drug-likeness (QED) is 0.296. The standard InChI is InChI=1S/C29H24ClN5O3/c1-16(27(36)32-33-28(37)24-14-17-13-18(30)11-12-23(17)31-24)35-26(20-8-3-4-9-21(20)29(35)38)22-15-34(2)25-10-6-5-7-19(22)25/h3-16,26,31H,1-2H3,(H,32,36)(H,33,37). The number of halogens is 1. The monoisotopic (exact) mass is 525 g/mol. The highest BCUT2D eigenvalue weighted by Crippen LogP contribution is 2.42. The van der Waals surface area contributed by atoms with Gasteiger partial charge in [0.05, 0.1) is 6.04 Å². The summed E-state index contributed by atoms with van der Waals surface area (Å²) in [5, 5.41) is 2.35. The van der Waals surface area contributed by atoms with Crippen molar-refractivity contribution in [2.75, 3.05) is 0 Å². The Kier molecular flexibility index (Phi) is 5.69. The van der Waals surface area contributed by atoms with E-state index < -0.39 is 23.9 Å². The van der Waals surface area contributed by atoms with Crippen LogP contribution in [0.4, 0.5) is 0 Å². The molecule has 0 aliphatic carbocycles. The number of benzene rings is 3. The number of carbonyl (C=O) groups excluding carboxylic acids is 3. The first kappa shape index (κ1) is 23.8. The van der Waals surface area contributed by atoms with Crippen molar-refractivity contribution >= 4 is 51.1 Å². The highest BCUT2D eigenvalue weighted by molar-refractivity contribution is 6.31. The molecule has 2 aromatic heterocycles. The maximum Gasteiger partial charge on any atom is 0.286 e. The fourth-order valence-corrected chi connectivity index (χ4v) is 5.47. The van der Waals surface area contributed by atoms with Crippen LogP contribution in [0.25, 0.3) is 21.8 Å². The minimum absolute atomic E-state index is 0.236. The molecule has 9 heteroatoms. The van der Waals surface area contributed by atoms with Gasteiger partial charge in [-0.2, -0.15) is 0 Å². The number of nitrogens with one attached hydrogen (secondary N) is 3. The van der Waals surface area contributed by atoms with E-state index in [-0.39, 0.29) is 11.6 Å². The summed E-state index contributed by atoms with van der Waals surface area (Å²) in [5.41, 5.74) is 9.34. The number of hydrogen-bond donors (Lipinski definition) is 3. The van der Waals surface area contributed by atoms with Gasteiger partial charge >= 0.3 is 0 Å². The Hall–Kier alpha value is -4.56. The summed E-state index contributed by atoms with van der Waals surface area (Å²) in [6, 6.07) is 21.0. The number of H-pyrrole nitrogens is 1. The lowest BCUT2D eigenvalue weighted by Crippen LogP contribution is -2.52. The summed E-state index contributed by atoms with van der Waals surface area (Å²) in [6.07, 6.45) is 2.01. The zero-order valence-electron chi connectivity index (χ0n) is 20.7. The van der Waals surface area contributed by atoms with Crippen molar-refractivity contribution in [3.63, 3.8) is 0 Å².